The van der Waals surface area contributed by atoms with Crippen LogP contribution in [-0.4, -0.2) is 19.7 Å². The Bertz CT molecular complexity index is 580. The van der Waals surface area contributed by atoms with Gasteiger partial charge in [-0.25, -0.2) is 13.2 Å². The molecule has 0 aromatic heterocycles. The van der Waals surface area contributed by atoms with Gasteiger partial charge in [0, 0.05) is 5.02 Å². The molecule has 0 unspecified atom stereocenters. The van der Waals surface area contributed by atoms with Gasteiger partial charge in [-0.2, -0.15) is 4.31 Å². The molecular formula is C13H17ClN2O3S. The first-order valence-electron chi connectivity index (χ1n) is 6.52. The Morgan fingerprint density at radius 1 is 1.15 bits per heavy atom. The van der Waals surface area contributed by atoms with Crippen molar-refractivity contribution in [2.45, 2.75) is 37.4 Å². The minimum atomic E-state index is -3.77. The van der Waals surface area contributed by atoms with Gasteiger partial charge >= 0.3 is 6.03 Å². The molecular weight excluding hydrogens is 300 g/mol. The first kappa shape index (κ1) is 15.1. The van der Waals surface area contributed by atoms with Crippen molar-refractivity contribution in [3.63, 3.8) is 0 Å². The first-order valence-corrected chi connectivity index (χ1v) is 8.40. The van der Waals surface area contributed by atoms with Crippen LogP contribution in [0.15, 0.2) is 24.3 Å². The first-order chi connectivity index (χ1) is 9.43. The summed E-state index contributed by atoms with van der Waals surface area (Å²) in [5.41, 5.74) is 5.50. The van der Waals surface area contributed by atoms with E-state index >= 15 is 0 Å². The molecule has 20 heavy (non-hydrogen) atoms. The fraction of sp³-hybridized carbons (Fsp3) is 0.462. The number of carbonyl (C=O) groups excluding carboxylic acids is 1. The second kappa shape index (κ2) is 6.01. The summed E-state index contributed by atoms with van der Waals surface area (Å²) in [5.74, 6) is 0. The number of hydrogen-bond acceptors (Lipinski definition) is 3. The summed E-state index contributed by atoms with van der Waals surface area (Å²) in [5, 5.41) is -0.0762. The van der Waals surface area contributed by atoms with Gasteiger partial charge in [-0.15, -0.1) is 0 Å². The Hall–Kier alpha value is -1.27. The molecule has 0 bridgehead atoms. The molecule has 0 heterocycles. The number of anilines is 1. The Kier molecular flexibility index (Phi) is 4.55. The lowest BCUT2D eigenvalue weighted by Crippen LogP contribution is -2.46. The summed E-state index contributed by atoms with van der Waals surface area (Å²) >= 11 is 5.77. The van der Waals surface area contributed by atoms with Crippen LogP contribution in [-0.2, 0) is 10.0 Å². The summed E-state index contributed by atoms with van der Waals surface area (Å²) in [6, 6.07) is 5.03. The van der Waals surface area contributed by atoms with Crippen molar-refractivity contribution < 1.29 is 13.2 Å². The van der Waals surface area contributed by atoms with Crippen LogP contribution in [0.1, 0.15) is 32.1 Å². The van der Waals surface area contributed by atoms with E-state index in [-0.39, 0.29) is 5.69 Å². The number of benzene rings is 1. The number of rotatable bonds is 3. The van der Waals surface area contributed by atoms with Gasteiger partial charge in [-0.05, 0) is 37.1 Å². The van der Waals surface area contributed by atoms with Crippen LogP contribution >= 0.6 is 11.6 Å². The monoisotopic (exact) mass is 316 g/mol. The van der Waals surface area contributed by atoms with E-state index in [9.17, 15) is 13.2 Å². The second-order valence-corrected chi connectivity index (χ2v) is 7.38. The SMILES string of the molecule is NC(=O)N(c1ccc(Cl)cc1)S(=O)(=O)C1CCCCC1. The van der Waals surface area contributed by atoms with Gasteiger partial charge in [0.15, 0.2) is 0 Å². The quantitative estimate of drug-likeness (QED) is 0.931. The molecule has 1 saturated carbocycles. The van der Waals surface area contributed by atoms with E-state index in [0.717, 1.165) is 19.3 Å². The highest BCUT2D eigenvalue weighted by Crippen LogP contribution is 2.29. The molecule has 1 aliphatic rings. The van der Waals surface area contributed by atoms with Crippen molar-refractivity contribution in [1.82, 2.24) is 0 Å². The minimum Gasteiger partial charge on any atom is -0.350 e. The number of carbonyl (C=O) groups is 1. The average Bonchev–Trinajstić information content (AvgIpc) is 2.41. The maximum absolute atomic E-state index is 12.6. The number of primary amides is 1. The molecule has 1 fully saturated rings. The predicted octanol–water partition coefficient (Wildman–Crippen LogP) is 2.89. The molecule has 0 radical (unpaired) electrons. The maximum atomic E-state index is 12.6. The fourth-order valence-corrected chi connectivity index (χ4v) is 4.51. The largest absolute Gasteiger partial charge is 0.350 e. The summed E-state index contributed by atoms with van der Waals surface area (Å²) < 4.78 is 25.9. The zero-order valence-electron chi connectivity index (χ0n) is 11.0. The Morgan fingerprint density at radius 2 is 1.70 bits per heavy atom. The molecule has 0 spiro atoms. The van der Waals surface area contributed by atoms with Gasteiger partial charge in [-0.1, -0.05) is 30.9 Å². The molecule has 0 saturated heterocycles. The Morgan fingerprint density at radius 3 is 2.20 bits per heavy atom. The Balaban J connectivity index is 2.37. The zero-order valence-corrected chi connectivity index (χ0v) is 12.5. The van der Waals surface area contributed by atoms with E-state index in [1.54, 1.807) is 0 Å². The van der Waals surface area contributed by atoms with E-state index in [1.807, 2.05) is 0 Å². The zero-order chi connectivity index (χ0) is 14.8. The molecule has 1 aromatic carbocycles. The van der Waals surface area contributed by atoms with Crippen LogP contribution in [0.25, 0.3) is 0 Å². The van der Waals surface area contributed by atoms with E-state index in [0.29, 0.717) is 22.2 Å². The van der Waals surface area contributed by atoms with E-state index in [1.165, 1.54) is 24.3 Å². The standard InChI is InChI=1S/C13H17ClN2O3S/c14-10-6-8-11(9-7-10)16(13(15)17)20(18,19)12-4-2-1-3-5-12/h6-9,12H,1-5H2,(H2,15,17). The number of urea groups is 1. The minimum absolute atomic E-state index is 0.229. The van der Waals surface area contributed by atoms with Crippen LogP contribution < -0.4 is 10.0 Å². The molecule has 5 nitrogen and oxygen atoms in total. The third-order valence-electron chi connectivity index (χ3n) is 3.49. The van der Waals surface area contributed by atoms with Gasteiger partial charge in [0.2, 0.25) is 10.0 Å². The number of amides is 2. The van der Waals surface area contributed by atoms with E-state index in [4.69, 9.17) is 17.3 Å². The van der Waals surface area contributed by atoms with Crippen LogP contribution in [0.4, 0.5) is 10.5 Å². The highest BCUT2D eigenvalue weighted by molar-refractivity contribution is 7.94. The lowest BCUT2D eigenvalue weighted by Gasteiger charge is -2.28. The fourth-order valence-electron chi connectivity index (χ4n) is 2.49. The highest BCUT2D eigenvalue weighted by atomic mass is 35.5. The van der Waals surface area contributed by atoms with E-state index < -0.39 is 21.3 Å². The lowest BCUT2D eigenvalue weighted by atomic mass is 10.0. The van der Waals surface area contributed by atoms with Gasteiger partial charge < -0.3 is 5.73 Å². The lowest BCUT2D eigenvalue weighted by molar-refractivity contribution is 0.256. The van der Waals surface area contributed by atoms with E-state index in [2.05, 4.69) is 0 Å². The van der Waals surface area contributed by atoms with Crippen molar-refractivity contribution in [2.24, 2.45) is 5.73 Å². The number of sulfonamides is 1. The van der Waals surface area contributed by atoms with Gasteiger partial charge in [-0.3, -0.25) is 0 Å². The molecule has 1 aromatic rings. The van der Waals surface area contributed by atoms with Crippen LogP contribution in [0.3, 0.4) is 0 Å². The van der Waals surface area contributed by atoms with Crippen molar-refractivity contribution in [1.29, 1.82) is 0 Å². The molecule has 0 atom stereocenters. The van der Waals surface area contributed by atoms with Gasteiger partial charge in [0.25, 0.3) is 0 Å². The third-order valence-corrected chi connectivity index (χ3v) is 5.95. The maximum Gasteiger partial charge on any atom is 0.333 e. The molecule has 1 aliphatic carbocycles. The molecule has 0 aliphatic heterocycles. The second-order valence-electron chi connectivity index (χ2n) is 4.88. The predicted molar refractivity (Wildman–Crippen MR) is 79.3 cm³/mol. The van der Waals surface area contributed by atoms with Gasteiger partial charge in [0.1, 0.15) is 0 Å². The van der Waals surface area contributed by atoms with Crippen LogP contribution in [0.2, 0.25) is 5.02 Å². The highest BCUT2D eigenvalue weighted by Gasteiger charge is 2.36. The number of nitrogens with two attached hydrogens (primary N) is 1. The third kappa shape index (κ3) is 3.07. The van der Waals surface area contributed by atoms with Crippen LogP contribution in [0.5, 0.6) is 0 Å². The molecule has 2 amide bonds. The smallest absolute Gasteiger partial charge is 0.333 e. The summed E-state index contributed by atoms with van der Waals surface area (Å²) in [4.78, 5) is 11.6. The molecule has 2 rings (SSSR count). The molecule has 7 heteroatoms. The summed E-state index contributed by atoms with van der Waals surface area (Å²) in [7, 11) is -3.77. The van der Waals surface area contributed by atoms with Crippen molar-refractivity contribution in [2.75, 3.05) is 4.31 Å². The van der Waals surface area contributed by atoms with Crippen LogP contribution in [0, 0.1) is 0 Å². The summed E-state index contributed by atoms with van der Waals surface area (Å²) in [6.45, 7) is 0. The number of hydrogen-bond donors (Lipinski definition) is 1. The van der Waals surface area contributed by atoms with Crippen molar-refractivity contribution >= 4 is 33.3 Å². The Labute approximate surface area is 123 Å². The summed E-state index contributed by atoms with van der Waals surface area (Å²) in [6.07, 6.45) is 3.89. The molecule has 110 valence electrons. The van der Waals surface area contributed by atoms with Gasteiger partial charge in [0.05, 0.1) is 10.9 Å². The number of nitrogens with zero attached hydrogens (tertiary/aromatic N) is 1. The normalized spacial score (nSPS) is 16.9. The average molecular weight is 317 g/mol. The molecule has 2 N–H and O–H groups in total. The van der Waals surface area contributed by atoms with Crippen molar-refractivity contribution in [3.8, 4) is 0 Å². The topological polar surface area (TPSA) is 80.5 Å². The number of halogens is 1. The van der Waals surface area contributed by atoms with Crippen molar-refractivity contribution in [3.05, 3.63) is 29.3 Å².